The van der Waals surface area contributed by atoms with Crippen molar-refractivity contribution in [3.63, 3.8) is 0 Å². The lowest BCUT2D eigenvalue weighted by Gasteiger charge is -2.18. The van der Waals surface area contributed by atoms with Crippen LogP contribution in [0.2, 0.25) is 0 Å². The fraction of sp³-hybridized carbons (Fsp3) is 0.222. The van der Waals surface area contributed by atoms with Crippen LogP contribution < -0.4 is 9.47 Å². The Bertz CT molecular complexity index is 336. The van der Waals surface area contributed by atoms with Gasteiger partial charge in [0.25, 0.3) is 0 Å². The standard InChI is InChI=1S/C9H9NO3/c11-10-6-7-1-2-8-9(5-7)13-4-3-12-8/h1-2,5-6,11H,3-4H2. The molecule has 0 amide bonds. The maximum Gasteiger partial charge on any atom is 0.162 e. The van der Waals surface area contributed by atoms with Gasteiger partial charge in [-0.2, -0.15) is 0 Å². The first-order chi connectivity index (χ1) is 6.40. The molecular formula is C9H9NO3. The number of hydrogen-bond donors (Lipinski definition) is 1. The van der Waals surface area contributed by atoms with Crippen molar-refractivity contribution in [1.29, 1.82) is 0 Å². The molecule has 1 N–H and O–H groups in total. The minimum Gasteiger partial charge on any atom is -0.486 e. The fourth-order valence-corrected chi connectivity index (χ4v) is 1.21. The summed E-state index contributed by atoms with van der Waals surface area (Å²) in [6.07, 6.45) is 1.35. The van der Waals surface area contributed by atoms with Crippen LogP contribution >= 0.6 is 0 Å². The van der Waals surface area contributed by atoms with Gasteiger partial charge in [0, 0.05) is 5.56 Å². The second-order valence-electron chi connectivity index (χ2n) is 2.65. The maximum atomic E-state index is 8.32. The second kappa shape index (κ2) is 3.35. The Balaban J connectivity index is 2.35. The SMILES string of the molecule is ON=Cc1ccc2c(c1)OCCO2. The Morgan fingerprint density at radius 2 is 2.00 bits per heavy atom. The average molecular weight is 179 g/mol. The number of fused-ring (bicyclic) bond motifs is 1. The monoisotopic (exact) mass is 179 g/mol. The number of benzene rings is 1. The van der Waals surface area contributed by atoms with E-state index in [4.69, 9.17) is 14.7 Å². The number of nitrogens with zero attached hydrogens (tertiary/aromatic N) is 1. The zero-order valence-corrected chi connectivity index (χ0v) is 6.93. The summed E-state index contributed by atoms with van der Waals surface area (Å²) in [5.74, 6) is 1.44. The largest absolute Gasteiger partial charge is 0.486 e. The van der Waals surface area contributed by atoms with E-state index >= 15 is 0 Å². The first kappa shape index (κ1) is 7.91. The second-order valence-corrected chi connectivity index (χ2v) is 2.65. The smallest absolute Gasteiger partial charge is 0.162 e. The maximum absolute atomic E-state index is 8.32. The summed E-state index contributed by atoms with van der Waals surface area (Å²) < 4.78 is 10.7. The predicted octanol–water partition coefficient (Wildman–Crippen LogP) is 1.27. The fourth-order valence-electron chi connectivity index (χ4n) is 1.21. The van der Waals surface area contributed by atoms with Crippen molar-refractivity contribution in [3.05, 3.63) is 23.8 Å². The molecule has 0 spiro atoms. The van der Waals surface area contributed by atoms with Gasteiger partial charge in [0.2, 0.25) is 0 Å². The Morgan fingerprint density at radius 1 is 1.23 bits per heavy atom. The molecule has 2 rings (SSSR count). The number of ether oxygens (including phenoxy) is 2. The van der Waals surface area contributed by atoms with Crippen molar-refractivity contribution < 1.29 is 14.7 Å². The molecule has 1 aliphatic rings. The van der Waals surface area contributed by atoms with Crippen LogP contribution in [0, 0.1) is 0 Å². The molecule has 4 heteroatoms. The molecule has 13 heavy (non-hydrogen) atoms. The summed E-state index contributed by atoms with van der Waals surface area (Å²) in [4.78, 5) is 0. The Hall–Kier alpha value is -1.71. The number of oxime groups is 1. The van der Waals surface area contributed by atoms with Crippen molar-refractivity contribution in [2.75, 3.05) is 13.2 Å². The van der Waals surface area contributed by atoms with E-state index in [1.165, 1.54) is 6.21 Å². The van der Waals surface area contributed by atoms with Crippen LogP contribution in [-0.4, -0.2) is 24.6 Å². The third kappa shape index (κ3) is 1.56. The summed E-state index contributed by atoms with van der Waals surface area (Å²) in [5.41, 5.74) is 0.784. The van der Waals surface area contributed by atoms with Gasteiger partial charge in [-0.25, -0.2) is 0 Å². The molecule has 0 aliphatic carbocycles. The highest BCUT2D eigenvalue weighted by Gasteiger charge is 2.10. The van der Waals surface area contributed by atoms with Crippen molar-refractivity contribution in [2.24, 2.45) is 5.16 Å². The van der Waals surface area contributed by atoms with Crippen LogP contribution in [-0.2, 0) is 0 Å². The van der Waals surface area contributed by atoms with E-state index in [1.54, 1.807) is 18.2 Å². The van der Waals surface area contributed by atoms with Gasteiger partial charge in [-0.15, -0.1) is 0 Å². The van der Waals surface area contributed by atoms with Gasteiger partial charge in [0.15, 0.2) is 11.5 Å². The molecule has 4 nitrogen and oxygen atoms in total. The molecule has 0 radical (unpaired) electrons. The third-order valence-corrected chi connectivity index (χ3v) is 1.77. The van der Waals surface area contributed by atoms with E-state index in [0.29, 0.717) is 19.0 Å². The van der Waals surface area contributed by atoms with Crippen LogP contribution in [0.1, 0.15) is 5.56 Å². The molecule has 0 aromatic heterocycles. The summed E-state index contributed by atoms with van der Waals surface area (Å²) in [6, 6.07) is 5.37. The minimum atomic E-state index is 0.562. The number of rotatable bonds is 1. The zero-order valence-electron chi connectivity index (χ0n) is 6.93. The zero-order chi connectivity index (χ0) is 9.10. The van der Waals surface area contributed by atoms with E-state index in [2.05, 4.69) is 5.16 Å². The van der Waals surface area contributed by atoms with E-state index in [0.717, 1.165) is 11.3 Å². The topological polar surface area (TPSA) is 51.1 Å². The van der Waals surface area contributed by atoms with Crippen LogP contribution in [0.3, 0.4) is 0 Å². The van der Waals surface area contributed by atoms with E-state index in [-0.39, 0.29) is 0 Å². The molecule has 1 aromatic carbocycles. The van der Waals surface area contributed by atoms with Crippen molar-refractivity contribution in [1.82, 2.24) is 0 Å². The Morgan fingerprint density at radius 3 is 2.77 bits per heavy atom. The molecule has 0 atom stereocenters. The van der Waals surface area contributed by atoms with Crippen LogP contribution in [0.5, 0.6) is 11.5 Å². The molecule has 1 heterocycles. The highest BCUT2D eigenvalue weighted by molar-refractivity contribution is 5.80. The molecule has 0 bridgehead atoms. The van der Waals surface area contributed by atoms with Gasteiger partial charge in [0.05, 0.1) is 6.21 Å². The summed E-state index contributed by atoms with van der Waals surface area (Å²) in [6.45, 7) is 1.15. The first-order valence-corrected chi connectivity index (χ1v) is 3.97. The molecule has 1 aromatic rings. The Labute approximate surface area is 75.4 Å². The van der Waals surface area contributed by atoms with Gasteiger partial charge in [-0.05, 0) is 18.2 Å². The summed E-state index contributed by atoms with van der Waals surface area (Å²) in [5, 5.41) is 11.3. The normalized spacial score (nSPS) is 14.8. The third-order valence-electron chi connectivity index (χ3n) is 1.77. The van der Waals surface area contributed by atoms with Gasteiger partial charge < -0.3 is 14.7 Å². The van der Waals surface area contributed by atoms with Gasteiger partial charge >= 0.3 is 0 Å². The molecule has 1 aliphatic heterocycles. The summed E-state index contributed by atoms with van der Waals surface area (Å²) in [7, 11) is 0. The van der Waals surface area contributed by atoms with Gasteiger partial charge in [-0.3, -0.25) is 0 Å². The lowest BCUT2D eigenvalue weighted by Crippen LogP contribution is -2.15. The molecule has 0 saturated heterocycles. The van der Waals surface area contributed by atoms with Crippen molar-refractivity contribution in [3.8, 4) is 11.5 Å². The van der Waals surface area contributed by atoms with Crippen molar-refractivity contribution in [2.45, 2.75) is 0 Å². The quantitative estimate of drug-likeness (QED) is 0.401. The first-order valence-electron chi connectivity index (χ1n) is 3.97. The molecule has 0 fully saturated rings. The molecular weight excluding hydrogens is 170 g/mol. The van der Waals surface area contributed by atoms with Crippen LogP contribution in [0.15, 0.2) is 23.4 Å². The van der Waals surface area contributed by atoms with Gasteiger partial charge in [-0.1, -0.05) is 5.16 Å². The number of hydrogen-bond acceptors (Lipinski definition) is 4. The summed E-state index contributed by atoms with van der Waals surface area (Å²) >= 11 is 0. The van der Waals surface area contributed by atoms with Crippen molar-refractivity contribution >= 4 is 6.21 Å². The lowest BCUT2D eigenvalue weighted by molar-refractivity contribution is 0.171. The van der Waals surface area contributed by atoms with E-state index < -0.39 is 0 Å². The lowest BCUT2D eigenvalue weighted by atomic mass is 10.2. The predicted molar refractivity (Wildman–Crippen MR) is 46.8 cm³/mol. The average Bonchev–Trinajstić information content (AvgIpc) is 2.18. The molecule has 68 valence electrons. The minimum absolute atomic E-state index is 0.562. The van der Waals surface area contributed by atoms with E-state index in [1.807, 2.05) is 0 Å². The van der Waals surface area contributed by atoms with Gasteiger partial charge in [0.1, 0.15) is 13.2 Å². The molecule has 0 unspecified atom stereocenters. The highest BCUT2D eigenvalue weighted by Crippen LogP contribution is 2.30. The Kier molecular flexibility index (Phi) is 2.04. The highest BCUT2D eigenvalue weighted by atomic mass is 16.6. The van der Waals surface area contributed by atoms with E-state index in [9.17, 15) is 0 Å². The van der Waals surface area contributed by atoms with Crippen LogP contribution in [0.4, 0.5) is 0 Å². The molecule has 0 saturated carbocycles. The van der Waals surface area contributed by atoms with Crippen LogP contribution in [0.25, 0.3) is 0 Å².